The molecule has 0 aliphatic heterocycles. The van der Waals surface area contributed by atoms with Gasteiger partial charge in [0.25, 0.3) is 0 Å². The van der Waals surface area contributed by atoms with Gasteiger partial charge in [0.1, 0.15) is 22.9 Å². The van der Waals surface area contributed by atoms with Crippen LogP contribution in [0.2, 0.25) is 0 Å². The van der Waals surface area contributed by atoms with Crippen molar-refractivity contribution in [3.05, 3.63) is 50.6 Å². The first kappa shape index (κ1) is 16.6. The smallest absolute Gasteiger partial charge is 0.350 e. The summed E-state index contributed by atoms with van der Waals surface area (Å²) in [6.07, 6.45) is 1.71. The minimum absolute atomic E-state index is 0.0456. The number of hydrogen-bond acceptors (Lipinski definition) is 7. The molecule has 0 aliphatic rings. The molecule has 24 heavy (non-hydrogen) atoms. The Bertz CT molecular complexity index is 860. The van der Waals surface area contributed by atoms with Crippen molar-refractivity contribution in [3.8, 4) is 11.4 Å². The van der Waals surface area contributed by atoms with Crippen LogP contribution in [0.1, 0.15) is 21.1 Å². The molecule has 0 aliphatic carbocycles. The molecule has 2 aromatic heterocycles. The number of aromatic nitrogens is 4. The maximum absolute atomic E-state index is 12.1. The number of carbonyl (C=O) groups is 1. The van der Waals surface area contributed by atoms with Crippen LogP contribution in [0.25, 0.3) is 5.69 Å². The van der Waals surface area contributed by atoms with E-state index < -0.39 is 5.97 Å². The molecule has 3 aromatic rings. The summed E-state index contributed by atoms with van der Waals surface area (Å²) >= 11 is 4.49. The molecule has 0 saturated carbocycles. The van der Waals surface area contributed by atoms with Crippen LogP contribution >= 0.6 is 27.3 Å². The van der Waals surface area contributed by atoms with Gasteiger partial charge in [-0.1, -0.05) is 16.6 Å². The molecule has 0 saturated heterocycles. The van der Waals surface area contributed by atoms with Crippen molar-refractivity contribution in [3.63, 3.8) is 0 Å². The van der Waals surface area contributed by atoms with Crippen molar-refractivity contribution in [2.24, 2.45) is 0 Å². The summed E-state index contributed by atoms with van der Waals surface area (Å²) in [4.78, 5) is 16.7. The molecule has 2 heterocycles. The molecule has 9 heteroatoms. The number of esters is 1. The molecule has 0 N–H and O–H groups in total. The van der Waals surface area contributed by atoms with E-state index in [0.29, 0.717) is 20.2 Å². The molecule has 3 rings (SSSR count). The van der Waals surface area contributed by atoms with Crippen LogP contribution < -0.4 is 4.74 Å². The van der Waals surface area contributed by atoms with Gasteiger partial charge in [-0.3, -0.25) is 0 Å². The van der Waals surface area contributed by atoms with E-state index in [1.807, 2.05) is 24.3 Å². The highest BCUT2D eigenvalue weighted by molar-refractivity contribution is 9.11. The quantitative estimate of drug-likeness (QED) is 0.603. The van der Waals surface area contributed by atoms with Crippen LogP contribution in [0.3, 0.4) is 0 Å². The van der Waals surface area contributed by atoms with Crippen molar-refractivity contribution < 1.29 is 14.3 Å². The topological polar surface area (TPSA) is 79.1 Å². The van der Waals surface area contributed by atoms with Crippen LogP contribution in [0.5, 0.6) is 5.75 Å². The maximum Gasteiger partial charge on any atom is 0.350 e. The van der Waals surface area contributed by atoms with Crippen molar-refractivity contribution >= 4 is 33.2 Å². The molecule has 0 amide bonds. The molecule has 124 valence electrons. The molecule has 0 atom stereocenters. The Morgan fingerprint density at radius 1 is 1.33 bits per heavy atom. The minimum Gasteiger partial charge on any atom is -0.497 e. The summed E-state index contributed by atoms with van der Waals surface area (Å²) in [5.74, 6) is 0.341. The summed E-state index contributed by atoms with van der Waals surface area (Å²) in [7, 11) is 1.61. The molecule has 0 fully saturated rings. The van der Waals surface area contributed by atoms with Crippen LogP contribution in [0.4, 0.5) is 0 Å². The number of rotatable bonds is 5. The predicted molar refractivity (Wildman–Crippen MR) is 91.6 cm³/mol. The zero-order chi connectivity index (χ0) is 17.1. The number of halogens is 1. The molecule has 0 radical (unpaired) electrons. The summed E-state index contributed by atoms with van der Waals surface area (Å²) in [5.41, 5.74) is 2.03. The lowest BCUT2D eigenvalue weighted by atomic mass is 10.3. The third-order valence-corrected chi connectivity index (χ3v) is 4.77. The van der Waals surface area contributed by atoms with Crippen LogP contribution in [0.15, 0.2) is 34.4 Å². The fourth-order valence-corrected chi connectivity index (χ4v) is 3.42. The summed E-state index contributed by atoms with van der Waals surface area (Å²) in [6, 6.07) is 7.39. The van der Waals surface area contributed by atoms with Crippen molar-refractivity contribution in [2.75, 3.05) is 7.11 Å². The van der Waals surface area contributed by atoms with E-state index in [0.717, 1.165) is 11.4 Å². The van der Waals surface area contributed by atoms with E-state index in [9.17, 15) is 4.79 Å². The third-order valence-electron chi connectivity index (χ3n) is 3.18. The minimum atomic E-state index is -0.422. The molecular weight excluding hydrogens is 396 g/mol. The Kier molecular flexibility index (Phi) is 4.91. The standard InChI is InChI=1S/C15H13BrN4O3S/c1-9-13(24-15(16)17-9)14(21)23-8-10-7-20(19-18-10)11-3-5-12(22-2)6-4-11/h3-7H,8H2,1-2H3. The average Bonchev–Trinajstić information content (AvgIpc) is 3.19. The molecule has 7 nitrogen and oxygen atoms in total. The summed E-state index contributed by atoms with van der Waals surface area (Å²) in [5, 5.41) is 8.04. The summed E-state index contributed by atoms with van der Waals surface area (Å²) < 4.78 is 12.6. The molecule has 0 bridgehead atoms. The van der Waals surface area contributed by atoms with E-state index >= 15 is 0 Å². The number of hydrogen-bond donors (Lipinski definition) is 0. The van der Waals surface area contributed by atoms with Gasteiger partial charge in [-0.15, -0.1) is 5.10 Å². The van der Waals surface area contributed by atoms with Gasteiger partial charge in [0.15, 0.2) is 3.92 Å². The van der Waals surface area contributed by atoms with Crippen LogP contribution in [-0.4, -0.2) is 33.1 Å². The highest BCUT2D eigenvalue weighted by Crippen LogP contribution is 2.23. The van der Waals surface area contributed by atoms with Gasteiger partial charge in [0.05, 0.1) is 24.7 Å². The summed E-state index contributed by atoms with van der Waals surface area (Å²) in [6.45, 7) is 1.81. The van der Waals surface area contributed by atoms with Gasteiger partial charge in [0.2, 0.25) is 0 Å². The number of methoxy groups -OCH3 is 1. The Morgan fingerprint density at radius 2 is 2.08 bits per heavy atom. The average molecular weight is 409 g/mol. The molecule has 1 aromatic carbocycles. The highest BCUT2D eigenvalue weighted by atomic mass is 79.9. The van der Waals surface area contributed by atoms with E-state index in [2.05, 4.69) is 31.2 Å². The number of ether oxygens (including phenoxy) is 2. The van der Waals surface area contributed by atoms with E-state index in [-0.39, 0.29) is 6.61 Å². The Balaban J connectivity index is 1.65. The van der Waals surface area contributed by atoms with E-state index in [4.69, 9.17) is 9.47 Å². The van der Waals surface area contributed by atoms with Gasteiger partial charge in [-0.05, 0) is 47.1 Å². The lowest BCUT2D eigenvalue weighted by Gasteiger charge is -2.02. The largest absolute Gasteiger partial charge is 0.497 e. The first-order chi connectivity index (χ1) is 11.6. The zero-order valence-electron chi connectivity index (χ0n) is 12.9. The van der Waals surface area contributed by atoms with Gasteiger partial charge < -0.3 is 9.47 Å². The third kappa shape index (κ3) is 3.62. The normalized spacial score (nSPS) is 10.6. The lowest BCUT2D eigenvalue weighted by molar-refractivity contribution is 0.0472. The number of aryl methyl sites for hydroxylation is 1. The highest BCUT2D eigenvalue weighted by Gasteiger charge is 2.16. The Labute approximate surface area is 150 Å². The fourth-order valence-electron chi connectivity index (χ4n) is 1.98. The van der Waals surface area contributed by atoms with Crippen molar-refractivity contribution in [1.29, 1.82) is 0 Å². The monoisotopic (exact) mass is 408 g/mol. The van der Waals surface area contributed by atoms with Crippen molar-refractivity contribution in [1.82, 2.24) is 20.0 Å². The SMILES string of the molecule is COc1ccc(-n2cc(COC(=O)c3sc(Br)nc3C)nn2)cc1. The second kappa shape index (κ2) is 7.10. The van der Waals surface area contributed by atoms with Gasteiger partial charge in [0, 0.05) is 0 Å². The van der Waals surface area contributed by atoms with E-state index in [1.54, 1.807) is 24.9 Å². The van der Waals surface area contributed by atoms with Crippen LogP contribution in [-0.2, 0) is 11.3 Å². The fraction of sp³-hybridized carbons (Fsp3) is 0.200. The maximum atomic E-state index is 12.1. The number of benzene rings is 1. The zero-order valence-corrected chi connectivity index (χ0v) is 15.3. The second-order valence-electron chi connectivity index (χ2n) is 4.81. The van der Waals surface area contributed by atoms with E-state index in [1.165, 1.54) is 11.3 Å². The van der Waals surface area contributed by atoms with Crippen LogP contribution in [0, 0.1) is 6.92 Å². The first-order valence-electron chi connectivity index (χ1n) is 6.92. The first-order valence-corrected chi connectivity index (χ1v) is 8.53. The van der Waals surface area contributed by atoms with Crippen molar-refractivity contribution in [2.45, 2.75) is 13.5 Å². The number of nitrogens with zero attached hydrogens (tertiary/aromatic N) is 4. The molecule has 0 unspecified atom stereocenters. The lowest BCUT2D eigenvalue weighted by Crippen LogP contribution is -2.05. The van der Waals surface area contributed by atoms with Gasteiger partial charge >= 0.3 is 5.97 Å². The Hall–Kier alpha value is -2.26. The molecule has 0 spiro atoms. The van der Waals surface area contributed by atoms with Gasteiger partial charge in [-0.25, -0.2) is 14.5 Å². The molecular formula is C15H13BrN4O3S. The number of thiazole rings is 1. The number of carbonyl (C=O) groups excluding carboxylic acids is 1. The second-order valence-corrected chi connectivity index (χ2v) is 7.09. The van der Waals surface area contributed by atoms with Gasteiger partial charge in [-0.2, -0.15) is 0 Å². The predicted octanol–water partition coefficient (Wildman–Crippen LogP) is 3.16. The Morgan fingerprint density at radius 3 is 2.71 bits per heavy atom.